The molecule has 2 aliphatic rings. The lowest BCUT2D eigenvalue weighted by molar-refractivity contribution is 0.0667. The van der Waals surface area contributed by atoms with Gasteiger partial charge in [-0.2, -0.15) is 5.10 Å². The molecule has 1 amide bonds. The lowest BCUT2D eigenvalue weighted by atomic mass is 9.88. The average molecular weight is 285 g/mol. The van der Waals surface area contributed by atoms with Gasteiger partial charge >= 0.3 is 0 Å². The Kier molecular flexibility index (Phi) is 2.94. The number of carbonyl (C=O) groups excluding carboxylic acids is 1. The van der Waals surface area contributed by atoms with Crippen LogP contribution in [-0.4, -0.2) is 52.3 Å². The molecule has 0 unspecified atom stereocenters. The number of aromatic nitrogens is 2. The predicted octanol–water partition coefficient (Wildman–Crippen LogP) is 0.459. The van der Waals surface area contributed by atoms with Crippen molar-refractivity contribution in [3.63, 3.8) is 0 Å². The molecule has 1 spiro atoms. The monoisotopic (exact) mass is 285 g/mol. The second kappa shape index (κ2) is 4.82. The molecule has 4 heterocycles. The van der Waals surface area contributed by atoms with Crippen LogP contribution >= 0.6 is 0 Å². The average Bonchev–Trinajstić information content (AvgIpc) is 3.15. The molecule has 6 nitrogen and oxygen atoms in total. The van der Waals surface area contributed by atoms with E-state index in [-0.39, 0.29) is 11.4 Å². The molecule has 0 atom stereocenters. The zero-order chi connectivity index (χ0) is 14.3. The Hall–Kier alpha value is -1.92. The van der Waals surface area contributed by atoms with Gasteiger partial charge in [-0.05, 0) is 25.0 Å². The maximum atomic E-state index is 12.7. The van der Waals surface area contributed by atoms with Crippen LogP contribution < -0.4 is 10.6 Å². The van der Waals surface area contributed by atoms with Crippen molar-refractivity contribution in [3.8, 4) is 0 Å². The van der Waals surface area contributed by atoms with Gasteiger partial charge in [0.05, 0.1) is 17.3 Å². The van der Waals surface area contributed by atoms with Gasteiger partial charge in [0.15, 0.2) is 0 Å². The molecular formula is C15H19N5O. The van der Waals surface area contributed by atoms with E-state index in [0.717, 1.165) is 44.7 Å². The molecule has 4 rings (SSSR count). The highest BCUT2D eigenvalue weighted by Gasteiger charge is 2.38. The van der Waals surface area contributed by atoms with Gasteiger partial charge in [0.1, 0.15) is 0 Å². The molecule has 6 heteroatoms. The summed E-state index contributed by atoms with van der Waals surface area (Å²) in [6.07, 6.45) is 5.55. The fourth-order valence-corrected chi connectivity index (χ4v) is 3.38. The molecule has 2 fully saturated rings. The Morgan fingerprint density at radius 2 is 2.14 bits per heavy atom. The number of nitrogens with zero attached hydrogens (tertiary/aromatic N) is 3. The van der Waals surface area contributed by atoms with E-state index in [1.807, 2.05) is 29.3 Å². The van der Waals surface area contributed by atoms with Crippen LogP contribution in [0.5, 0.6) is 0 Å². The van der Waals surface area contributed by atoms with E-state index < -0.39 is 0 Å². The Labute approximate surface area is 123 Å². The fraction of sp³-hybridized carbons (Fsp3) is 0.467. The Morgan fingerprint density at radius 3 is 2.90 bits per heavy atom. The van der Waals surface area contributed by atoms with Crippen LogP contribution in [0.4, 0.5) is 0 Å². The third-order valence-corrected chi connectivity index (χ3v) is 4.72. The first-order chi connectivity index (χ1) is 10.3. The highest BCUT2D eigenvalue weighted by atomic mass is 16.2. The zero-order valence-electron chi connectivity index (χ0n) is 11.9. The lowest BCUT2D eigenvalue weighted by Gasteiger charge is -2.38. The number of piperidine rings is 1. The van der Waals surface area contributed by atoms with Crippen LogP contribution in [0.3, 0.4) is 0 Å². The van der Waals surface area contributed by atoms with Crippen molar-refractivity contribution in [2.75, 3.05) is 26.3 Å². The largest absolute Gasteiger partial charge is 0.338 e. The molecule has 0 aromatic carbocycles. The van der Waals surface area contributed by atoms with Gasteiger partial charge in [0.2, 0.25) is 0 Å². The van der Waals surface area contributed by atoms with E-state index in [2.05, 4.69) is 15.7 Å². The van der Waals surface area contributed by atoms with Crippen molar-refractivity contribution in [3.05, 3.63) is 36.2 Å². The number of amides is 1. The predicted molar refractivity (Wildman–Crippen MR) is 79.1 cm³/mol. The van der Waals surface area contributed by atoms with Crippen molar-refractivity contribution >= 4 is 11.4 Å². The summed E-state index contributed by atoms with van der Waals surface area (Å²) in [7, 11) is 0. The zero-order valence-corrected chi connectivity index (χ0v) is 11.9. The number of fused-ring (bicyclic) bond motifs is 1. The molecule has 2 saturated heterocycles. The quantitative estimate of drug-likeness (QED) is 0.799. The third kappa shape index (κ3) is 2.11. The van der Waals surface area contributed by atoms with Gasteiger partial charge in [-0.1, -0.05) is 6.07 Å². The summed E-state index contributed by atoms with van der Waals surface area (Å²) in [5.41, 5.74) is 1.77. The molecule has 2 aliphatic heterocycles. The van der Waals surface area contributed by atoms with Crippen LogP contribution in [0.1, 0.15) is 23.2 Å². The maximum absolute atomic E-state index is 12.7. The third-order valence-electron chi connectivity index (χ3n) is 4.72. The SMILES string of the molecule is O=C(c1cnn2ccccc12)N1CCC2(CC1)CNCN2. The van der Waals surface area contributed by atoms with Gasteiger partial charge in [-0.3, -0.25) is 10.1 Å². The summed E-state index contributed by atoms with van der Waals surface area (Å²) in [6, 6.07) is 5.79. The number of hydrogen-bond acceptors (Lipinski definition) is 4. The van der Waals surface area contributed by atoms with Gasteiger partial charge in [0.25, 0.3) is 5.91 Å². The molecule has 0 aliphatic carbocycles. The summed E-state index contributed by atoms with van der Waals surface area (Å²) >= 11 is 0. The lowest BCUT2D eigenvalue weighted by Crippen LogP contribution is -2.53. The summed E-state index contributed by atoms with van der Waals surface area (Å²) in [5, 5.41) is 11.1. The van der Waals surface area contributed by atoms with E-state index in [1.165, 1.54) is 0 Å². The summed E-state index contributed by atoms with van der Waals surface area (Å²) in [4.78, 5) is 14.7. The number of carbonyl (C=O) groups is 1. The molecule has 0 radical (unpaired) electrons. The van der Waals surface area contributed by atoms with Crippen molar-refractivity contribution in [2.45, 2.75) is 18.4 Å². The minimum Gasteiger partial charge on any atom is -0.338 e. The normalized spacial score (nSPS) is 21.2. The summed E-state index contributed by atoms with van der Waals surface area (Å²) in [6.45, 7) is 3.49. The maximum Gasteiger partial charge on any atom is 0.257 e. The van der Waals surface area contributed by atoms with Gasteiger partial charge in [-0.25, -0.2) is 4.52 Å². The number of nitrogens with one attached hydrogen (secondary N) is 2. The van der Waals surface area contributed by atoms with Crippen LogP contribution in [-0.2, 0) is 0 Å². The minimum absolute atomic E-state index is 0.0945. The number of hydrogen-bond donors (Lipinski definition) is 2. The standard InChI is InChI=1S/C15H19N5O/c21-14(12-9-18-20-6-2-1-3-13(12)20)19-7-4-15(5-8-19)10-16-11-17-15/h1-3,6,9,16-17H,4-5,7-8,10-11H2. The Balaban J connectivity index is 1.53. The van der Waals surface area contributed by atoms with E-state index in [9.17, 15) is 4.79 Å². The number of rotatable bonds is 1. The van der Waals surface area contributed by atoms with Crippen molar-refractivity contribution < 1.29 is 4.79 Å². The Morgan fingerprint density at radius 1 is 1.29 bits per heavy atom. The van der Waals surface area contributed by atoms with Crippen LogP contribution in [0.2, 0.25) is 0 Å². The van der Waals surface area contributed by atoms with E-state index in [1.54, 1.807) is 10.7 Å². The first kappa shape index (κ1) is 12.8. The molecule has 2 aromatic heterocycles. The molecule has 110 valence electrons. The highest BCUT2D eigenvalue weighted by molar-refractivity contribution is 6.00. The second-order valence-electron chi connectivity index (χ2n) is 5.94. The van der Waals surface area contributed by atoms with Crippen molar-refractivity contribution in [2.24, 2.45) is 0 Å². The minimum atomic E-state index is 0.0945. The highest BCUT2D eigenvalue weighted by Crippen LogP contribution is 2.25. The Bertz CT molecular complexity index is 664. The summed E-state index contributed by atoms with van der Waals surface area (Å²) < 4.78 is 1.75. The molecule has 2 aromatic rings. The summed E-state index contributed by atoms with van der Waals surface area (Å²) in [5.74, 6) is 0.0945. The number of pyridine rings is 1. The van der Waals surface area contributed by atoms with Gasteiger partial charge in [-0.15, -0.1) is 0 Å². The first-order valence-electron chi connectivity index (χ1n) is 7.45. The van der Waals surface area contributed by atoms with Gasteiger partial charge in [0, 0.05) is 38.0 Å². The van der Waals surface area contributed by atoms with Crippen LogP contribution in [0.15, 0.2) is 30.6 Å². The van der Waals surface area contributed by atoms with Gasteiger partial charge < -0.3 is 10.2 Å². The van der Waals surface area contributed by atoms with Crippen molar-refractivity contribution in [1.29, 1.82) is 0 Å². The molecule has 0 saturated carbocycles. The fourth-order valence-electron chi connectivity index (χ4n) is 3.38. The van der Waals surface area contributed by atoms with E-state index >= 15 is 0 Å². The van der Waals surface area contributed by atoms with Crippen LogP contribution in [0, 0.1) is 0 Å². The van der Waals surface area contributed by atoms with E-state index in [4.69, 9.17) is 0 Å². The molecule has 2 N–H and O–H groups in total. The smallest absolute Gasteiger partial charge is 0.257 e. The molecule has 21 heavy (non-hydrogen) atoms. The molecular weight excluding hydrogens is 266 g/mol. The van der Waals surface area contributed by atoms with E-state index in [0.29, 0.717) is 5.56 Å². The first-order valence-corrected chi connectivity index (χ1v) is 7.45. The van der Waals surface area contributed by atoms with Crippen LogP contribution in [0.25, 0.3) is 5.52 Å². The topological polar surface area (TPSA) is 61.7 Å². The second-order valence-corrected chi connectivity index (χ2v) is 5.94. The van der Waals surface area contributed by atoms with Crippen molar-refractivity contribution in [1.82, 2.24) is 25.1 Å². The molecule has 0 bridgehead atoms. The number of likely N-dealkylation sites (tertiary alicyclic amines) is 1.